The Balaban J connectivity index is 2.26. The van der Waals surface area contributed by atoms with Gasteiger partial charge in [-0.1, -0.05) is 23.7 Å². The fraction of sp³-hybridized carbons (Fsp3) is 0.231. The number of pyridine rings is 1. The number of rotatable bonds is 4. The molecule has 94 valence electrons. The number of ether oxygens (including phenoxy) is 1. The number of fused-ring (bicyclic) bond motifs is 1. The average Bonchev–Trinajstić information content (AvgIpc) is 2.29. The van der Waals surface area contributed by atoms with Gasteiger partial charge >= 0.3 is 5.97 Å². The minimum absolute atomic E-state index is 0.141. The largest absolute Gasteiger partial charge is 0.480 e. The van der Waals surface area contributed by atoms with Gasteiger partial charge in [-0.25, -0.2) is 9.78 Å². The third-order valence-electron chi connectivity index (χ3n) is 2.48. The topological polar surface area (TPSA) is 59.4 Å². The van der Waals surface area contributed by atoms with Crippen molar-refractivity contribution >= 4 is 28.5 Å². The van der Waals surface area contributed by atoms with E-state index in [2.05, 4.69) is 4.98 Å². The standard InChI is InChI=1S/C13H12ClNO3/c1-8-2-3-9-5-10(6-18-7-12(16)17)13(14)15-11(9)4-8/h2-5H,6-7H2,1H3,(H,16,17). The van der Waals surface area contributed by atoms with Gasteiger partial charge in [0.25, 0.3) is 0 Å². The first-order valence-electron chi connectivity index (χ1n) is 5.41. The maximum Gasteiger partial charge on any atom is 0.329 e. The maximum absolute atomic E-state index is 10.4. The monoisotopic (exact) mass is 265 g/mol. The van der Waals surface area contributed by atoms with E-state index >= 15 is 0 Å². The van der Waals surface area contributed by atoms with E-state index < -0.39 is 5.97 Å². The first kappa shape index (κ1) is 12.8. The molecule has 4 nitrogen and oxygen atoms in total. The van der Waals surface area contributed by atoms with Crippen molar-refractivity contribution in [2.75, 3.05) is 6.61 Å². The van der Waals surface area contributed by atoms with E-state index in [0.29, 0.717) is 10.7 Å². The summed E-state index contributed by atoms with van der Waals surface area (Å²) >= 11 is 6.03. The lowest BCUT2D eigenvalue weighted by Gasteiger charge is -2.06. The van der Waals surface area contributed by atoms with Gasteiger partial charge in [0.1, 0.15) is 11.8 Å². The van der Waals surface area contributed by atoms with Crippen LogP contribution in [0.25, 0.3) is 10.9 Å². The predicted molar refractivity (Wildman–Crippen MR) is 68.8 cm³/mol. The average molecular weight is 266 g/mol. The molecule has 0 bridgehead atoms. The molecular formula is C13H12ClNO3. The summed E-state index contributed by atoms with van der Waals surface area (Å²) in [5, 5.41) is 9.79. The lowest BCUT2D eigenvalue weighted by Crippen LogP contribution is -2.07. The van der Waals surface area contributed by atoms with Crippen LogP contribution in [0.15, 0.2) is 24.3 Å². The van der Waals surface area contributed by atoms with Crippen molar-refractivity contribution in [3.8, 4) is 0 Å². The Morgan fingerprint density at radius 3 is 2.94 bits per heavy atom. The summed E-state index contributed by atoms with van der Waals surface area (Å²) in [5.41, 5.74) is 2.62. The van der Waals surface area contributed by atoms with E-state index in [0.717, 1.165) is 16.5 Å². The Morgan fingerprint density at radius 2 is 2.22 bits per heavy atom. The number of hydrogen-bond acceptors (Lipinski definition) is 3. The summed E-state index contributed by atoms with van der Waals surface area (Å²) in [6.07, 6.45) is 0. The highest BCUT2D eigenvalue weighted by Gasteiger charge is 2.06. The molecule has 1 aromatic heterocycles. The summed E-state index contributed by atoms with van der Waals surface area (Å²) in [5.74, 6) is -1.00. The van der Waals surface area contributed by atoms with Gasteiger partial charge in [0, 0.05) is 10.9 Å². The molecule has 2 aromatic rings. The van der Waals surface area contributed by atoms with Crippen LogP contribution in [0.4, 0.5) is 0 Å². The second-order valence-corrected chi connectivity index (χ2v) is 4.38. The molecular weight excluding hydrogens is 254 g/mol. The van der Waals surface area contributed by atoms with Crippen molar-refractivity contribution in [1.29, 1.82) is 0 Å². The van der Waals surface area contributed by atoms with Crippen LogP contribution in [-0.2, 0) is 16.1 Å². The number of halogens is 1. The van der Waals surface area contributed by atoms with E-state index in [-0.39, 0.29) is 13.2 Å². The molecule has 18 heavy (non-hydrogen) atoms. The van der Waals surface area contributed by atoms with Crippen molar-refractivity contribution in [1.82, 2.24) is 4.98 Å². The Hall–Kier alpha value is -1.65. The lowest BCUT2D eigenvalue weighted by atomic mass is 10.1. The number of carbonyl (C=O) groups is 1. The van der Waals surface area contributed by atoms with Crippen molar-refractivity contribution in [3.05, 3.63) is 40.5 Å². The molecule has 0 atom stereocenters. The van der Waals surface area contributed by atoms with Crippen molar-refractivity contribution in [2.24, 2.45) is 0 Å². The molecule has 2 rings (SSSR count). The lowest BCUT2D eigenvalue weighted by molar-refractivity contribution is -0.142. The highest BCUT2D eigenvalue weighted by atomic mass is 35.5. The van der Waals surface area contributed by atoms with Crippen LogP contribution in [0.1, 0.15) is 11.1 Å². The quantitative estimate of drug-likeness (QED) is 0.864. The van der Waals surface area contributed by atoms with Gasteiger partial charge in [-0.15, -0.1) is 0 Å². The second kappa shape index (κ2) is 5.33. The van der Waals surface area contributed by atoms with E-state index in [1.807, 2.05) is 31.2 Å². The number of aromatic nitrogens is 1. The maximum atomic E-state index is 10.4. The number of hydrogen-bond donors (Lipinski definition) is 1. The normalized spacial score (nSPS) is 10.8. The smallest absolute Gasteiger partial charge is 0.329 e. The molecule has 0 fully saturated rings. The van der Waals surface area contributed by atoms with Crippen molar-refractivity contribution in [2.45, 2.75) is 13.5 Å². The molecule has 1 aromatic carbocycles. The van der Waals surface area contributed by atoms with Gasteiger partial charge in [-0.2, -0.15) is 0 Å². The molecule has 0 radical (unpaired) electrons. The number of benzene rings is 1. The zero-order valence-electron chi connectivity index (χ0n) is 9.81. The summed E-state index contributed by atoms with van der Waals surface area (Å²) < 4.78 is 5.01. The Labute approximate surface area is 109 Å². The highest BCUT2D eigenvalue weighted by Crippen LogP contribution is 2.22. The van der Waals surface area contributed by atoms with Crippen LogP contribution >= 0.6 is 11.6 Å². The molecule has 0 saturated carbocycles. The summed E-state index contributed by atoms with van der Waals surface area (Å²) in [6, 6.07) is 7.75. The van der Waals surface area contributed by atoms with Gasteiger partial charge < -0.3 is 9.84 Å². The van der Waals surface area contributed by atoms with Gasteiger partial charge in [-0.05, 0) is 24.6 Å². The van der Waals surface area contributed by atoms with Crippen LogP contribution in [0.2, 0.25) is 5.15 Å². The third kappa shape index (κ3) is 2.97. The fourth-order valence-corrected chi connectivity index (χ4v) is 1.85. The Kier molecular flexibility index (Phi) is 3.79. The zero-order chi connectivity index (χ0) is 13.1. The van der Waals surface area contributed by atoms with Gasteiger partial charge in [0.2, 0.25) is 0 Å². The molecule has 1 heterocycles. The molecule has 0 aliphatic carbocycles. The summed E-state index contributed by atoms with van der Waals surface area (Å²) in [6.45, 7) is 1.78. The van der Waals surface area contributed by atoms with E-state index in [1.165, 1.54) is 0 Å². The van der Waals surface area contributed by atoms with Crippen molar-refractivity contribution < 1.29 is 14.6 Å². The van der Waals surface area contributed by atoms with Crippen LogP contribution in [0.3, 0.4) is 0 Å². The fourth-order valence-electron chi connectivity index (χ4n) is 1.65. The van der Waals surface area contributed by atoms with E-state index in [1.54, 1.807) is 0 Å². The molecule has 5 heteroatoms. The summed E-state index contributed by atoms with van der Waals surface area (Å²) in [4.78, 5) is 14.6. The molecule has 1 N–H and O–H groups in total. The minimum Gasteiger partial charge on any atom is -0.480 e. The van der Waals surface area contributed by atoms with Gasteiger partial charge in [0.15, 0.2) is 0 Å². The number of aryl methyl sites for hydroxylation is 1. The van der Waals surface area contributed by atoms with Gasteiger partial charge in [0.05, 0.1) is 12.1 Å². The molecule has 0 saturated heterocycles. The SMILES string of the molecule is Cc1ccc2cc(COCC(=O)O)c(Cl)nc2c1. The Bertz CT molecular complexity index is 598. The molecule has 0 unspecified atom stereocenters. The predicted octanol–water partition coefficient (Wildman–Crippen LogP) is 2.80. The Morgan fingerprint density at radius 1 is 1.44 bits per heavy atom. The van der Waals surface area contributed by atoms with Crippen LogP contribution < -0.4 is 0 Å². The molecule has 0 aliphatic heterocycles. The molecule has 0 amide bonds. The third-order valence-corrected chi connectivity index (χ3v) is 2.81. The van der Waals surface area contributed by atoms with Gasteiger partial charge in [-0.3, -0.25) is 0 Å². The van der Waals surface area contributed by atoms with Crippen LogP contribution in [0, 0.1) is 6.92 Å². The van der Waals surface area contributed by atoms with Crippen LogP contribution in [0.5, 0.6) is 0 Å². The van der Waals surface area contributed by atoms with Crippen LogP contribution in [-0.4, -0.2) is 22.7 Å². The number of nitrogens with zero attached hydrogens (tertiary/aromatic N) is 1. The number of carboxylic acids is 1. The second-order valence-electron chi connectivity index (χ2n) is 4.02. The highest BCUT2D eigenvalue weighted by molar-refractivity contribution is 6.30. The first-order valence-corrected chi connectivity index (χ1v) is 5.79. The zero-order valence-corrected chi connectivity index (χ0v) is 10.6. The van der Waals surface area contributed by atoms with E-state index in [4.69, 9.17) is 21.4 Å². The van der Waals surface area contributed by atoms with Crippen molar-refractivity contribution in [3.63, 3.8) is 0 Å². The number of carboxylic acid groups (broad SMARTS) is 1. The number of aliphatic carboxylic acids is 1. The molecule has 0 spiro atoms. The first-order chi connectivity index (χ1) is 8.56. The summed E-state index contributed by atoms with van der Waals surface area (Å²) in [7, 11) is 0. The van der Waals surface area contributed by atoms with E-state index in [9.17, 15) is 4.79 Å². The molecule has 0 aliphatic rings. The minimum atomic E-state index is -1.00.